The first-order chi connectivity index (χ1) is 8.51. The van der Waals surface area contributed by atoms with Gasteiger partial charge >= 0.3 is 0 Å². The highest BCUT2D eigenvalue weighted by molar-refractivity contribution is 5.78. The normalized spacial score (nSPS) is 11.5. The highest BCUT2D eigenvalue weighted by atomic mass is 19.1. The topological polar surface area (TPSA) is 56.1 Å². The number of anilines is 1. The number of nitrogens with one attached hydrogen (secondary N) is 1. The summed E-state index contributed by atoms with van der Waals surface area (Å²) in [6.45, 7) is 2.19. The summed E-state index contributed by atoms with van der Waals surface area (Å²) in [4.78, 5) is 13.1. The number of hydrogen-bond donors (Lipinski definition) is 1. The molecule has 18 heavy (non-hydrogen) atoms. The number of benzene rings is 1. The van der Waals surface area contributed by atoms with Gasteiger partial charge in [-0.25, -0.2) is 4.39 Å². The molecule has 0 heterocycles. The molecule has 0 radical (unpaired) electrons. The molecule has 4 nitrogen and oxygen atoms in total. The molecule has 0 fully saturated rings. The van der Waals surface area contributed by atoms with Crippen molar-refractivity contribution in [3.8, 4) is 6.07 Å². The monoisotopic (exact) mass is 249 g/mol. The van der Waals surface area contributed by atoms with Crippen LogP contribution in [0.25, 0.3) is 0 Å². The molecule has 1 aromatic carbocycles. The number of nitriles is 1. The van der Waals surface area contributed by atoms with Gasteiger partial charge in [0.25, 0.3) is 0 Å². The van der Waals surface area contributed by atoms with Crippen molar-refractivity contribution < 1.29 is 9.18 Å². The summed E-state index contributed by atoms with van der Waals surface area (Å²) in [5.41, 5.74) is 0.498. The van der Waals surface area contributed by atoms with Crippen LogP contribution in [0, 0.1) is 23.1 Å². The van der Waals surface area contributed by atoms with Gasteiger partial charge in [0.2, 0.25) is 5.91 Å². The molecule has 5 heteroatoms. The first kappa shape index (κ1) is 14.0. The molecule has 1 aromatic rings. The van der Waals surface area contributed by atoms with Crippen LogP contribution >= 0.6 is 0 Å². The van der Waals surface area contributed by atoms with E-state index in [4.69, 9.17) is 5.26 Å². The molecule has 1 amide bonds. The number of hydrogen-bond acceptors (Lipinski definition) is 3. The SMILES string of the molecule is CNC(=O)C(C)CN(C)c1cccc(F)c1C#N. The Bertz CT molecular complexity index is 482. The lowest BCUT2D eigenvalue weighted by molar-refractivity contribution is -0.123. The lowest BCUT2D eigenvalue weighted by Gasteiger charge is -2.23. The molecule has 0 spiro atoms. The van der Waals surface area contributed by atoms with E-state index in [9.17, 15) is 9.18 Å². The van der Waals surface area contributed by atoms with Crippen molar-refractivity contribution in [1.82, 2.24) is 5.32 Å². The summed E-state index contributed by atoms with van der Waals surface area (Å²) in [5, 5.41) is 11.5. The van der Waals surface area contributed by atoms with Crippen LogP contribution < -0.4 is 10.2 Å². The zero-order valence-corrected chi connectivity index (χ0v) is 10.7. The summed E-state index contributed by atoms with van der Waals surface area (Å²) in [6.07, 6.45) is 0. The maximum atomic E-state index is 13.4. The molecule has 0 aliphatic heterocycles. The van der Waals surface area contributed by atoms with Crippen LogP contribution in [0.2, 0.25) is 0 Å². The predicted molar refractivity (Wildman–Crippen MR) is 67.6 cm³/mol. The molecule has 1 rings (SSSR count). The first-order valence-corrected chi connectivity index (χ1v) is 5.62. The summed E-state index contributed by atoms with van der Waals surface area (Å²) in [6, 6.07) is 6.31. The van der Waals surface area contributed by atoms with Gasteiger partial charge in [-0.3, -0.25) is 4.79 Å². The van der Waals surface area contributed by atoms with Crippen molar-refractivity contribution >= 4 is 11.6 Å². The van der Waals surface area contributed by atoms with Gasteiger partial charge < -0.3 is 10.2 Å². The zero-order valence-electron chi connectivity index (χ0n) is 10.7. The molecule has 96 valence electrons. The maximum Gasteiger partial charge on any atom is 0.224 e. The van der Waals surface area contributed by atoms with Gasteiger partial charge in [0.1, 0.15) is 17.4 Å². The van der Waals surface area contributed by atoms with E-state index >= 15 is 0 Å². The van der Waals surface area contributed by atoms with Crippen molar-refractivity contribution in [1.29, 1.82) is 5.26 Å². The van der Waals surface area contributed by atoms with Crippen molar-refractivity contribution in [2.24, 2.45) is 5.92 Å². The molecule has 0 saturated carbocycles. The Hall–Kier alpha value is -2.09. The fraction of sp³-hybridized carbons (Fsp3) is 0.385. The van der Waals surface area contributed by atoms with E-state index in [0.29, 0.717) is 12.2 Å². The standard InChI is InChI=1S/C13H16FN3O/c1-9(13(18)16-2)8-17(3)12-6-4-5-11(14)10(12)7-15/h4-6,9H,8H2,1-3H3,(H,16,18). The third-order valence-corrected chi connectivity index (χ3v) is 2.76. The van der Waals surface area contributed by atoms with Gasteiger partial charge in [0.15, 0.2) is 0 Å². The second-order valence-corrected chi connectivity index (χ2v) is 4.14. The lowest BCUT2D eigenvalue weighted by Crippen LogP contribution is -2.34. The summed E-state index contributed by atoms with van der Waals surface area (Å²) < 4.78 is 13.4. The molecule has 1 unspecified atom stereocenters. The molecule has 1 N–H and O–H groups in total. The maximum absolute atomic E-state index is 13.4. The Morgan fingerprint density at radius 1 is 1.61 bits per heavy atom. The number of rotatable bonds is 4. The minimum absolute atomic E-state index is 0.00380. The van der Waals surface area contributed by atoms with Crippen molar-refractivity contribution in [3.63, 3.8) is 0 Å². The number of halogens is 1. The molecule has 0 aliphatic rings. The van der Waals surface area contributed by atoms with Gasteiger partial charge in [0, 0.05) is 20.6 Å². The smallest absolute Gasteiger partial charge is 0.224 e. The molecule has 0 bridgehead atoms. The highest BCUT2D eigenvalue weighted by Gasteiger charge is 2.17. The van der Waals surface area contributed by atoms with Crippen LogP contribution in [0.15, 0.2) is 18.2 Å². The van der Waals surface area contributed by atoms with Gasteiger partial charge in [-0.05, 0) is 12.1 Å². The molecule has 0 aromatic heterocycles. The molecule has 0 saturated heterocycles. The lowest BCUT2D eigenvalue weighted by atomic mass is 10.1. The summed E-state index contributed by atoms with van der Waals surface area (Å²) >= 11 is 0. The Labute approximate surface area is 106 Å². The fourth-order valence-electron chi connectivity index (χ4n) is 1.78. The molecule has 0 aliphatic carbocycles. The van der Waals surface area contributed by atoms with Gasteiger partial charge in [-0.2, -0.15) is 5.26 Å². The second-order valence-electron chi connectivity index (χ2n) is 4.14. The Balaban J connectivity index is 2.92. The van der Waals surface area contributed by atoms with Crippen molar-refractivity contribution in [2.45, 2.75) is 6.92 Å². The molecular weight excluding hydrogens is 233 g/mol. The Kier molecular flexibility index (Phi) is 4.67. The molecular formula is C13H16FN3O. The molecule has 1 atom stereocenters. The largest absolute Gasteiger partial charge is 0.373 e. The highest BCUT2D eigenvalue weighted by Crippen LogP contribution is 2.22. The van der Waals surface area contributed by atoms with Crippen LogP contribution in [0.3, 0.4) is 0 Å². The fourth-order valence-corrected chi connectivity index (χ4v) is 1.78. The van der Waals surface area contributed by atoms with E-state index in [1.165, 1.54) is 6.07 Å². The predicted octanol–water partition coefficient (Wildman–Crippen LogP) is 1.52. The zero-order chi connectivity index (χ0) is 13.7. The second kappa shape index (κ2) is 6.01. The number of carbonyl (C=O) groups excluding carboxylic acids is 1. The average molecular weight is 249 g/mol. The van der Waals surface area contributed by atoms with E-state index < -0.39 is 5.82 Å². The van der Waals surface area contributed by atoms with Crippen LogP contribution in [-0.4, -0.2) is 26.5 Å². The minimum atomic E-state index is -0.547. The van der Waals surface area contributed by atoms with Crippen molar-refractivity contribution in [2.75, 3.05) is 25.5 Å². The third-order valence-electron chi connectivity index (χ3n) is 2.76. The third kappa shape index (κ3) is 2.98. The van der Waals surface area contributed by atoms with Crippen molar-refractivity contribution in [3.05, 3.63) is 29.6 Å². The Morgan fingerprint density at radius 3 is 2.83 bits per heavy atom. The summed E-state index contributed by atoms with van der Waals surface area (Å²) in [5.74, 6) is -0.874. The Morgan fingerprint density at radius 2 is 2.28 bits per heavy atom. The van der Waals surface area contributed by atoms with Crippen LogP contribution in [0.4, 0.5) is 10.1 Å². The number of amides is 1. The van der Waals surface area contributed by atoms with Crippen LogP contribution in [0.5, 0.6) is 0 Å². The minimum Gasteiger partial charge on any atom is -0.373 e. The van der Waals surface area contributed by atoms with Crippen LogP contribution in [-0.2, 0) is 4.79 Å². The number of carbonyl (C=O) groups is 1. The van der Waals surface area contributed by atoms with Crippen LogP contribution in [0.1, 0.15) is 12.5 Å². The van der Waals surface area contributed by atoms with E-state index in [-0.39, 0.29) is 17.4 Å². The first-order valence-electron chi connectivity index (χ1n) is 5.62. The van der Waals surface area contributed by atoms with E-state index in [1.54, 1.807) is 38.1 Å². The van der Waals surface area contributed by atoms with E-state index in [0.717, 1.165) is 0 Å². The van der Waals surface area contributed by atoms with Gasteiger partial charge in [-0.1, -0.05) is 13.0 Å². The van der Waals surface area contributed by atoms with Gasteiger partial charge in [0.05, 0.1) is 11.6 Å². The quantitative estimate of drug-likeness (QED) is 0.880. The van der Waals surface area contributed by atoms with E-state index in [1.807, 2.05) is 6.07 Å². The average Bonchev–Trinajstić information content (AvgIpc) is 2.37. The number of nitrogens with zero attached hydrogens (tertiary/aromatic N) is 2. The van der Waals surface area contributed by atoms with E-state index in [2.05, 4.69) is 5.32 Å². The summed E-state index contributed by atoms with van der Waals surface area (Å²) in [7, 11) is 3.30. The van der Waals surface area contributed by atoms with Gasteiger partial charge in [-0.15, -0.1) is 0 Å².